The van der Waals surface area contributed by atoms with Crippen LogP contribution in [0.1, 0.15) is 44.2 Å². The molecule has 0 N–H and O–H groups in total. The van der Waals surface area contributed by atoms with Crippen LogP contribution in [-0.4, -0.2) is 11.8 Å². The van der Waals surface area contributed by atoms with E-state index in [1.807, 2.05) is 0 Å². The third-order valence-corrected chi connectivity index (χ3v) is 3.87. The highest BCUT2D eigenvalue weighted by Gasteiger charge is 2.28. The van der Waals surface area contributed by atoms with Gasteiger partial charge in [0.2, 0.25) is 0 Å². The summed E-state index contributed by atoms with van der Waals surface area (Å²) in [6.45, 7) is 8.92. The normalized spacial score (nSPS) is 30.0. The highest BCUT2D eigenvalue weighted by Crippen LogP contribution is 2.36. The Hall–Kier alpha value is -1.11. The highest BCUT2D eigenvalue weighted by molar-refractivity contribution is 5.85. The van der Waals surface area contributed by atoms with E-state index in [1.165, 1.54) is 23.3 Å². The molecule has 1 aliphatic rings. The van der Waals surface area contributed by atoms with Crippen LogP contribution in [0.5, 0.6) is 0 Å². The van der Waals surface area contributed by atoms with Gasteiger partial charge in [-0.25, -0.2) is 0 Å². The molecule has 3 unspecified atom stereocenters. The van der Waals surface area contributed by atoms with Gasteiger partial charge in [-0.3, -0.25) is 4.99 Å². The Morgan fingerprint density at radius 3 is 2.50 bits per heavy atom. The van der Waals surface area contributed by atoms with Crippen LogP contribution >= 0.6 is 0 Å². The number of hydrogen-bond donors (Lipinski definition) is 0. The van der Waals surface area contributed by atoms with E-state index < -0.39 is 0 Å². The molecule has 0 saturated heterocycles. The Morgan fingerprint density at radius 1 is 1.12 bits per heavy atom. The van der Waals surface area contributed by atoms with E-state index in [-0.39, 0.29) is 0 Å². The maximum Gasteiger partial charge on any atom is 0.0476 e. The summed E-state index contributed by atoms with van der Waals surface area (Å²) in [4.78, 5) is 4.69. The number of aliphatic imine (C=N–C) groups is 1. The van der Waals surface area contributed by atoms with Crippen LogP contribution in [0, 0.1) is 12.8 Å². The van der Waals surface area contributed by atoms with Crippen molar-refractivity contribution in [3.8, 4) is 0 Å². The predicted octanol–water partition coefficient (Wildman–Crippen LogP) is 3.97. The van der Waals surface area contributed by atoms with E-state index in [0.717, 1.165) is 0 Å². The number of hydrogen-bond acceptors (Lipinski definition) is 1. The fourth-order valence-electron chi connectivity index (χ4n) is 2.78. The van der Waals surface area contributed by atoms with Crippen molar-refractivity contribution in [3.63, 3.8) is 0 Å². The number of nitrogens with zero attached hydrogens (tertiary/aromatic N) is 1. The molecule has 1 heterocycles. The van der Waals surface area contributed by atoms with Crippen LogP contribution < -0.4 is 0 Å². The van der Waals surface area contributed by atoms with Gasteiger partial charge in [-0.2, -0.15) is 0 Å². The third-order valence-electron chi connectivity index (χ3n) is 3.87. The molecule has 0 bridgehead atoms. The molecule has 1 aromatic rings. The summed E-state index contributed by atoms with van der Waals surface area (Å²) in [6.07, 6.45) is 1.18. The van der Waals surface area contributed by atoms with E-state index in [9.17, 15) is 0 Å². The predicted molar refractivity (Wildman–Crippen MR) is 70.3 cm³/mol. The van der Waals surface area contributed by atoms with Crippen LogP contribution in [-0.2, 0) is 0 Å². The summed E-state index contributed by atoms with van der Waals surface area (Å²) in [7, 11) is 0. The molecular formula is C15H21N. The quantitative estimate of drug-likeness (QED) is 0.672. The van der Waals surface area contributed by atoms with Gasteiger partial charge in [0.15, 0.2) is 0 Å². The summed E-state index contributed by atoms with van der Waals surface area (Å²) in [5.41, 5.74) is 4.24. The number of rotatable bonds is 1. The van der Waals surface area contributed by atoms with Crippen LogP contribution in [0.4, 0.5) is 0 Å². The fraction of sp³-hybridized carbons (Fsp3) is 0.533. The molecule has 2 rings (SSSR count). The average Bonchev–Trinajstić information content (AvgIpc) is 2.24. The molecule has 0 spiro atoms. The molecule has 1 aliphatic heterocycles. The van der Waals surface area contributed by atoms with Gasteiger partial charge in [-0.1, -0.05) is 31.2 Å². The molecule has 0 aliphatic carbocycles. The molecule has 0 radical (unpaired) electrons. The van der Waals surface area contributed by atoms with Crippen LogP contribution in [0.15, 0.2) is 29.3 Å². The van der Waals surface area contributed by atoms with Crippen molar-refractivity contribution in [3.05, 3.63) is 35.4 Å². The van der Waals surface area contributed by atoms with Crippen molar-refractivity contribution < 1.29 is 0 Å². The molecule has 1 aromatic carbocycles. The van der Waals surface area contributed by atoms with E-state index in [1.54, 1.807) is 0 Å². The second-order valence-corrected chi connectivity index (χ2v) is 5.11. The Bertz CT molecular complexity index is 406. The monoisotopic (exact) mass is 215 g/mol. The van der Waals surface area contributed by atoms with Crippen LogP contribution in [0.3, 0.4) is 0 Å². The summed E-state index contributed by atoms with van der Waals surface area (Å²) < 4.78 is 0. The van der Waals surface area contributed by atoms with Gasteiger partial charge in [0.25, 0.3) is 0 Å². The zero-order valence-corrected chi connectivity index (χ0v) is 10.7. The lowest BCUT2D eigenvalue weighted by molar-refractivity contribution is 0.456. The van der Waals surface area contributed by atoms with Crippen molar-refractivity contribution in [1.82, 2.24) is 0 Å². The molecule has 0 aromatic heterocycles. The van der Waals surface area contributed by atoms with Crippen molar-refractivity contribution in [2.75, 3.05) is 0 Å². The first-order chi connectivity index (χ1) is 7.59. The Morgan fingerprint density at radius 2 is 1.81 bits per heavy atom. The molecule has 0 amide bonds. The molecule has 3 atom stereocenters. The second kappa shape index (κ2) is 4.40. The van der Waals surface area contributed by atoms with E-state index in [2.05, 4.69) is 57.0 Å². The minimum absolute atomic E-state index is 0.473. The summed E-state index contributed by atoms with van der Waals surface area (Å²) in [5, 5.41) is 0. The Balaban J connectivity index is 2.35. The van der Waals surface area contributed by atoms with Gasteiger partial charge < -0.3 is 0 Å². The lowest BCUT2D eigenvalue weighted by atomic mass is 9.77. The summed E-state index contributed by atoms with van der Waals surface area (Å²) >= 11 is 0. The number of benzene rings is 1. The maximum absolute atomic E-state index is 4.69. The summed E-state index contributed by atoms with van der Waals surface area (Å²) in [6, 6.07) is 9.24. The minimum Gasteiger partial charge on any atom is -0.291 e. The molecule has 0 fully saturated rings. The Kier molecular flexibility index (Phi) is 3.13. The molecule has 86 valence electrons. The van der Waals surface area contributed by atoms with Crippen molar-refractivity contribution in [2.45, 2.75) is 46.1 Å². The van der Waals surface area contributed by atoms with Crippen LogP contribution in [0.2, 0.25) is 0 Å². The minimum atomic E-state index is 0.473. The zero-order valence-electron chi connectivity index (χ0n) is 10.7. The van der Waals surface area contributed by atoms with Gasteiger partial charge >= 0.3 is 0 Å². The van der Waals surface area contributed by atoms with Crippen LogP contribution in [0.25, 0.3) is 0 Å². The first kappa shape index (κ1) is 11.4. The lowest BCUT2D eigenvalue weighted by Crippen LogP contribution is -2.27. The molecule has 16 heavy (non-hydrogen) atoms. The number of aryl methyl sites for hydroxylation is 1. The maximum atomic E-state index is 4.69. The third kappa shape index (κ3) is 2.04. The van der Waals surface area contributed by atoms with Crippen molar-refractivity contribution in [1.29, 1.82) is 0 Å². The van der Waals surface area contributed by atoms with Gasteiger partial charge in [0.1, 0.15) is 0 Å². The van der Waals surface area contributed by atoms with Crippen molar-refractivity contribution in [2.24, 2.45) is 10.9 Å². The van der Waals surface area contributed by atoms with Gasteiger partial charge in [-0.05, 0) is 44.2 Å². The molecule has 1 nitrogen and oxygen atoms in total. The van der Waals surface area contributed by atoms with E-state index in [0.29, 0.717) is 17.9 Å². The first-order valence-electron chi connectivity index (χ1n) is 6.19. The lowest BCUT2D eigenvalue weighted by Gasteiger charge is -2.32. The van der Waals surface area contributed by atoms with Gasteiger partial charge in [-0.15, -0.1) is 0 Å². The fourth-order valence-corrected chi connectivity index (χ4v) is 2.78. The zero-order chi connectivity index (χ0) is 11.7. The largest absolute Gasteiger partial charge is 0.291 e. The van der Waals surface area contributed by atoms with E-state index in [4.69, 9.17) is 0 Å². The highest BCUT2D eigenvalue weighted by atomic mass is 14.8. The second-order valence-electron chi connectivity index (χ2n) is 5.11. The van der Waals surface area contributed by atoms with E-state index >= 15 is 0 Å². The summed E-state index contributed by atoms with van der Waals surface area (Å²) in [5.74, 6) is 1.23. The average molecular weight is 215 g/mol. The topological polar surface area (TPSA) is 12.4 Å². The van der Waals surface area contributed by atoms with Gasteiger partial charge in [0, 0.05) is 17.7 Å². The standard InChI is InChI=1S/C15H21N/c1-10-7-5-6-8-14(10)15-9-11(2)16-13(4)12(15)3/h5-8,11-12,15H,9H2,1-4H3. The first-order valence-corrected chi connectivity index (χ1v) is 6.19. The molecule has 0 saturated carbocycles. The molecular weight excluding hydrogens is 194 g/mol. The molecule has 1 heteroatoms. The smallest absolute Gasteiger partial charge is 0.0476 e. The Labute approximate surface area is 98.6 Å². The van der Waals surface area contributed by atoms with Crippen molar-refractivity contribution >= 4 is 5.71 Å². The SMILES string of the molecule is CC1=NC(C)CC(c2ccccc2C)C1C. The van der Waals surface area contributed by atoms with Gasteiger partial charge in [0.05, 0.1) is 0 Å².